The van der Waals surface area contributed by atoms with E-state index in [1.807, 2.05) is 0 Å². The number of hydrogen-bond acceptors (Lipinski definition) is 6. The summed E-state index contributed by atoms with van der Waals surface area (Å²) in [5, 5.41) is 4.25. The Bertz CT molecular complexity index is 436. The molecule has 1 fully saturated rings. The first kappa shape index (κ1) is 23.9. The first-order chi connectivity index (χ1) is 13.0. The van der Waals surface area contributed by atoms with Crippen LogP contribution >= 0.6 is 0 Å². The zero-order valence-electron chi connectivity index (χ0n) is 17.9. The smallest absolute Gasteiger partial charge is 0.229 e. The Balaban J connectivity index is 0.000000646. The molecular weight excluding hydrogens is 342 g/mol. The summed E-state index contributed by atoms with van der Waals surface area (Å²) in [6, 6.07) is 0. The monoisotopic (exact) mass is 383 g/mol. The first-order valence-electron chi connectivity index (χ1n) is 10.8. The van der Waals surface area contributed by atoms with Crippen LogP contribution in [0.15, 0.2) is 5.16 Å². The maximum Gasteiger partial charge on any atom is 0.229 e. The largest absolute Gasteiger partial charge is 0.470 e. The van der Waals surface area contributed by atoms with Gasteiger partial charge in [0, 0.05) is 12.5 Å². The molecule has 0 radical (unpaired) electrons. The quantitative estimate of drug-likeness (QED) is 0.658. The molecule has 0 amide bonds. The molecule has 1 saturated heterocycles. The van der Waals surface area contributed by atoms with Crippen LogP contribution in [0.5, 0.6) is 0 Å². The van der Waals surface area contributed by atoms with Gasteiger partial charge in [-0.15, -0.1) is 0 Å². The van der Waals surface area contributed by atoms with Gasteiger partial charge in [0.2, 0.25) is 5.90 Å². The van der Waals surface area contributed by atoms with Crippen LogP contribution in [0.2, 0.25) is 0 Å². The Morgan fingerprint density at radius 1 is 1.30 bits per heavy atom. The third kappa shape index (κ3) is 10.1. The molecule has 0 aliphatic carbocycles. The predicted molar refractivity (Wildman–Crippen MR) is 111 cm³/mol. The Kier molecular flexibility index (Phi) is 12.3. The van der Waals surface area contributed by atoms with Crippen molar-refractivity contribution in [1.29, 1.82) is 0 Å². The molecule has 2 N–H and O–H groups in total. The van der Waals surface area contributed by atoms with E-state index in [4.69, 9.17) is 15.3 Å². The van der Waals surface area contributed by atoms with E-state index < -0.39 is 0 Å². The number of rotatable bonds is 9. The summed E-state index contributed by atoms with van der Waals surface area (Å²) in [6.45, 7) is 12.4. The van der Waals surface area contributed by atoms with Gasteiger partial charge < -0.3 is 15.3 Å². The van der Waals surface area contributed by atoms with Gasteiger partial charge in [-0.05, 0) is 51.6 Å². The fourth-order valence-corrected chi connectivity index (χ4v) is 3.44. The topological polar surface area (TPSA) is 77.2 Å². The number of hydrogen-bond donors (Lipinski definition) is 1. The second-order valence-corrected chi connectivity index (χ2v) is 7.97. The molecule has 2 aliphatic heterocycles. The number of likely N-dealkylation sites (tertiary alicyclic amines) is 1. The van der Waals surface area contributed by atoms with Gasteiger partial charge in [-0.3, -0.25) is 9.69 Å². The molecule has 6 nitrogen and oxygen atoms in total. The predicted octanol–water partition coefficient (Wildman–Crippen LogP) is 3.59. The molecule has 2 aliphatic rings. The first-order valence-corrected chi connectivity index (χ1v) is 10.8. The van der Waals surface area contributed by atoms with Crippen LogP contribution in [0.4, 0.5) is 0 Å². The number of ether oxygens (including phenoxy) is 1. The van der Waals surface area contributed by atoms with Crippen LogP contribution in [0, 0.1) is 11.8 Å². The molecular formula is C21H41N3O3. The van der Waals surface area contributed by atoms with Gasteiger partial charge in [0.25, 0.3) is 0 Å². The van der Waals surface area contributed by atoms with E-state index in [1.54, 1.807) is 0 Å². The maximum atomic E-state index is 9.69. The van der Waals surface area contributed by atoms with Crippen molar-refractivity contribution >= 4 is 11.7 Å². The highest BCUT2D eigenvalue weighted by Crippen LogP contribution is 2.24. The zero-order chi connectivity index (χ0) is 20.1. The van der Waals surface area contributed by atoms with E-state index >= 15 is 0 Å². The number of piperidine rings is 1. The van der Waals surface area contributed by atoms with Crippen molar-refractivity contribution in [1.82, 2.24) is 4.90 Å². The Hall–Kier alpha value is -1.14. The van der Waals surface area contributed by atoms with Crippen molar-refractivity contribution in [2.24, 2.45) is 22.7 Å². The van der Waals surface area contributed by atoms with Gasteiger partial charge in [-0.25, -0.2) is 0 Å². The Morgan fingerprint density at radius 2 is 1.96 bits per heavy atom. The van der Waals surface area contributed by atoms with Crippen molar-refractivity contribution in [2.75, 3.05) is 32.8 Å². The molecule has 158 valence electrons. The minimum absolute atomic E-state index is 0.0324. The highest BCUT2D eigenvalue weighted by molar-refractivity contribution is 5.78. The third-order valence-electron chi connectivity index (χ3n) is 5.27. The molecule has 0 spiro atoms. The van der Waals surface area contributed by atoms with Crippen LogP contribution in [0.3, 0.4) is 0 Å². The van der Waals surface area contributed by atoms with E-state index in [-0.39, 0.29) is 18.4 Å². The number of Topliss-reactive ketones (excluding diaryl/α,β-unsaturated/α-hetero) is 1. The molecule has 0 aromatic carbocycles. The summed E-state index contributed by atoms with van der Waals surface area (Å²) in [5.41, 5.74) is 4.82. The van der Waals surface area contributed by atoms with Gasteiger partial charge in [0.05, 0.1) is 6.54 Å². The summed E-state index contributed by atoms with van der Waals surface area (Å²) in [6.07, 6.45) is 8.85. The number of oxime groups is 1. The highest BCUT2D eigenvalue weighted by Gasteiger charge is 2.28. The van der Waals surface area contributed by atoms with Crippen molar-refractivity contribution in [3.63, 3.8) is 0 Å². The van der Waals surface area contributed by atoms with Crippen LogP contribution in [0.25, 0.3) is 0 Å². The van der Waals surface area contributed by atoms with Crippen molar-refractivity contribution in [2.45, 2.75) is 78.7 Å². The van der Waals surface area contributed by atoms with Crippen molar-refractivity contribution in [3.05, 3.63) is 0 Å². The van der Waals surface area contributed by atoms with Gasteiger partial charge in [0.1, 0.15) is 11.9 Å². The summed E-state index contributed by atoms with van der Waals surface area (Å²) < 4.78 is 6.23. The normalized spacial score (nSPS) is 22.4. The van der Waals surface area contributed by atoms with E-state index in [1.165, 1.54) is 52.1 Å². The maximum absolute atomic E-state index is 9.69. The van der Waals surface area contributed by atoms with E-state index in [0.717, 1.165) is 25.3 Å². The summed E-state index contributed by atoms with van der Waals surface area (Å²) in [5.74, 6) is 2.02. The molecule has 6 heteroatoms. The molecule has 3 atom stereocenters. The minimum Gasteiger partial charge on any atom is -0.470 e. The fraction of sp³-hybridized carbons (Fsp3) is 0.905. The number of carbonyl (C=O) groups is 1. The lowest BCUT2D eigenvalue weighted by atomic mass is 9.90. The van der Waals surface area contributed by atoms with E-state index in [0.29, 0.717) is 18.4 Å². The van der Waals surface area contributed by atoms with Crippen LogP contribution in [0.1, 0.15) is 72.6 Å². The second kappa shape index (κ2) is 13.9. The number of ketones is 1. The number of nitrogens with two attached hydrogens (primary N) is 1. The summed E-state index contributed by atoms with van der Waals surface area (Å²) in [4.78, 5) is 17.7. The zero-order valence-corrected chi connectivity index (χ0v) is 17.9. The minimum atomic E-state index is 0.0324. The lowest BCUT2D eigenvalue weighted by Crippen LogP contribution is -2.43. The van der Waals surface area contributed by atoms with Crippen LogP contribution in [-0.2, 0) is 14.4 Å². The average Bonchev–Trinajstić information content (AvgIpc) is 2.69. The molecule has 0 aromatic rings. The lowest BCUT2D eigenvalue weighted by molar-refractivity contribution is -0.115. The lowest BCUT2D eigenvalue weighted by Gasteiger charge is -2.33. The molecule has 0 bridgehead atoms. The fourth-order valence-electron chi connectivity index (χ4n) is 3.44. The summed E-state index contributed by atoms with van der Waals surface area (Å²) in [7, 11) is 0. The Morgan fingerprint density at radius 3 is 2.52 bits per heavy atom. The van der Waals surface area contributed by atoms with Gasteiger partial charge in [-0.2, -0.15) is 0 Å². The van der Waals surface area contributed by atoms with Crippen molar-refractivity contribution in [3.8, 4) is 0 Å². The highest BCUT2D eigenvalue weighted by atomic mass is 16.7. The number of nitrogens with zero attached hydrogens (tertiary/aromatic N) is 2. The SMILES string of the molecule is CC(=O)CN.CCCC(CC(C)CC)C1=NOCC(CN2CCCCC2)O1. The number of carbonyl (C=O) groups excluding carboxylic acids is 1. The molecule has 2 rings (SSSR count). The van der Waals surface area contributed by atoms with E-state index in [2.05, 4.69) is 30.8 Å². The van der Waals surface area contributed by atoms with Gasteiger partial charge in [0.15, 0.2) is 6.61 Å². The third-order valence-corrected chi connectivity index (χ3v) is 5.27. The molecule has 0 saturated carbocycles. The summed E-state index contributed by atoms with van der Waals surface area (Å²) >= 11 is 0. The molecule has 2 heterocycles. The molecule has 27 heavy (non-hydrogen) atoms. The molecule has 3 unspecified atom stereocenters. The standard InChI is InChI=1S/C18H34N2O2.C3H7NO/c1-4-9-16(12-15(3)5-2)18-19-21-14-17(22-18)13-20-10-7-6-8-11-20;1-3(5)2-4/h15-17H,4-14H2,1-3H3;2,4H2,1H3. The molecule has 0 aromatic heterocycles. The van der Waals surface area contributed by atoms with Crippen LogP contribution in [-0.4, -0.2) is 55.5 Å². The van der Waals surface area contributed by atoms with E-state index in [9.17, 15) is 4.79 Å². The Labute approximate surface area is 165 Å². The second-order valence-electron chi connectivity index (χ2n) is 7.97. The van der Waals surface area contributed by atoms with Gasteiger partial charge in [-0.1, -0.05) is 45.2 Å². The van der Waals surface area contributed by atoms with Gasteiger partial charge >= 0.3 is 0 Å². The van der Waals surface area contributed by atoms with Crippen LogP contribution < -0.4 is 5.73 Å². The average molecular weight is 384 g/mol. The van der Waals surface area contributed by atoms with Crippen molar-refractivity contribution < 1.29 is 14.4 Å².